The van der Waals surface area contributed by atoms with Crippen molar-refractivity contribution < 1.29 is 4.92 Å². The lowest BCUT2D eigenvalue weighted by Gasteiger charge is -2.09. The minimum atomic E-state index is -0.380. The summed E-state index contributed by atoms with van der Waals surface area (Å²) < 4.78 is 0. The molecule has 2 rings (SSSR count). The Labute approximate surface area is 98.8 Å². The molecule has 0 unspecified atom stereocenters. The minimum Gasteiger partial charge on any atom is -0.398 e. The molecule has 0 aromatic heterocycles. The van der Waals surface area contributed by atoms with Gasteiger partial charge in [0.05, 0.1) is 10.5 Å². The molecule has 0 aliphatic rings. The van der Waals surface area contributed by atoms with E-state index < -0.39 is 0 Å². The first-order valence-electron chi connectivity index (χ1n) is 5.20. The molecular weight excluding hydrogens is 216 g/mol. The zero-order valence-electron chi connectivity index (χ0n) is 9.38. The first-order chi connectivity index (χ1) is 8.11. The van der Waals surface area contributed by atoms with Gasteiger partial charge in [0.25, 0.3) is 5.69 Å². The maximum absolute atomic E-state index is 11.0. The number of nitrogens with zero attached hydrogens (tertiary/aromatic N) is 1. The Kier molecular flexibility index (Phi) is 2.78. The Balaban J connectivity index is 2.75. The molecule has 2 aromatic rings. The Morgan fingerprint density at radius 2 is 1.82 bits per heavy atom. The molecule has 0 radical (unpaired) electrons. The molecule has 0 atom stereocenters. The van der Waals surface area contributed by atoms with Crippen molar-refractivity contribution in [2.24, 2.45) is 0 Å². The molecule has 0 bridgehead atoms. The van der Waals surface area contributed by atoms with E-state index in [0.717, 1.165) is 5.56 Å². The topological polar surface area (TPSA) is 69.2 Å². The third kappa shape index (κ3) is 1.97. The maximum atomic E-state index is 11.0. The van der Waals surface area contributed by atoms with Crippen LogP contribution >= 0.6 is 0 Å². The molecule has 0 saturated carbocycles. The number of nitrogens with two attached hydrogens (primary N) is 1. The van der Waals surface area contributed by atoms with E-state index in [4.69, 9.17) is 5.73 Å². The van der Waals surface area contributed by atoms with Gasteiger partial charge < -0.3 is 5.73 Å². The third-order valence-corrected chi connectivity index (χ3v) is 2.68. The summed E-state index contributed by atoms with van der Waals surface area (Å²) in [6, 6.07) is 12.2. The Morgan fingerprint density at radius 3 is 2.47 bits per heavy atom. The van der Waals surface area contributed by atoms with Crippen molar-refractivity contribution in [2.45, 2.75) is 6.92 Å². The van der Waals surface area contributed by atoms with Gasteiger partial charge in [-0.15, -0.1) is 0 Å². The van der Waals surface area contributed by atoms with Crippen molar-refractivity contribution in [3.8, 4) is 11.1 Å². The first kappa shape index (κ1) is 11.1. The van der Waals surface area contributed by atoms with Crippen LogP contribution in [0.1, 0.15) is 5.56 Å². The van der Waals surface area contributed by atoms with E-state index in [-0.39, 0.29) is 10.6 Å². The largest absolute Gasteiger partial charge is 0.398 e. The average molecular weight is 228 g/mol. The van der Waals surface area contributed by atoms with Gasteiger partial charge in [-0.25, -0.2) is 0 Å². The van der Waals surface area contributed by atoms with E-state index in [0.29, 0.717) is 16.8 Å². The molecular formula is C13H12N2O2. The van der Waals surface area contributed by atoms with Crippen LogP contribution in [0.4, 0.5) is 11.4 Å². The van der Waals surface area contributed by atoms with Crippen molar-refractivity contribution >= 4 is 11.4 Å². The Bertz CT molecular complexity index is 579. The minimum absolute atomic E-state index is 0.0860. The fourth-order valence-electron chi connectivity index (χ4n) is 1.88. The maximum Gasteiger partial charge on any atom is 0.277 e. The molecule has 4 nitrogen and oxygen atoms in total. The fraction of sp³-hybridized carbons (Fsp3) is 0.0769. The van der Waals surface area contributed by atoms with Crippen LogP contribution < -0.4 is 5.73 Å². The number of hydrogen-bond donors (Lipinski definition) is 1. The van der Waals surface area contributed by atoms with Gasteiger partial charge in [0.15, 0.2) is 0 Å². The molecule has 86 valence electrons. The van der Waals surface area contributed by atoms with Crippen LogP contribution in [0.3, 0.4) is 0 Å². The summed E-state index contributed by atoms with van der Waals surface area (Å²) in [5.41, 5.74) is 8.64. The number of anilines is 1. The van der Waals surface area contributed by atoms with E-state index in [2.05, 4.69) is 0 Å². The molecule has 0 heterocycles. The van der Waals surface area contributed by atoms with Gasteiger partial charge in [0, 0.05) is 17.3 Å². The molecule has 0 aliphatic heterocycles. The number of rotatable bonds is 2. The smallest absolute Gasteiger partial charge is 0.277 e. The molecule has 0 fully saturated rings. The standard InChI is InChI=1S/C13H12N2O2/c1-9-5-4-8-12(15(16)17)13(9)10-6-2-3-7-11(10)14/h2-8H,14H2,1H3. The van der Waals surface area contributed by atoms with Gasteiger partial charge in [0.1, 0.15) is 0 Å². The van der Waals surface area contributed by atoms with Gasteiger partial charge in [-0.05, 0) is 18.6 Å². The van der Waals surface area contributed by atoms with Crippen molar-refractivity contribution in [2.75, 3.05) is 5.73 Å². The van der Waals surface area contributed by atoms with Crippen LogP contribution in [-0.4, -0.2) is 4.92 Å². The lowest BCUT2D eigenvalue weighted by atomic mass is 9.97. The molecule has 0 aliphatic carbocycles. The van der Waals surface area contributed by atoms with Crippen molar-refractivity contribution in [3.63, 3.8) is 0 Å². The average Bonchev–Trinajstić information content (AvgIpc) is 2.30. The van der Waals surface area contributed by atoms with E-state index in [1.165, 1.54) is 6.07 Å². The number of aryl methyl sites for hydroxylation is 1. The summed E-state index contributed by atoms with van der Waals surface area (Å²) in [4.78, 5) is 10.6. The Morgan fingerprint density at radius 1 is 1.12 bits per heavy atom. The fourth-order valence-corrected chi connectivity index (χ4v) is 1.88. The highest BCUT2D eigenvalue weighted by atomic mass is 16.6. The molecule has 2 aromatic carbocycles. The van der Waals surface area contributed by atoms with Crippen LogP contribution in [0.25, 0.3) is 11.1 Å². The normalized spacial score (nSPS) is 10.2. The van der Waals surface area contributed by atoms with E-state index in [1.54, 1.807) is 18.2 Å². The number of benzene rings is 2. The number of nitro benzene ring substituents is 1. The van der Waals surface area contributed by atoms with Crippen molar-refractivity contribution in [3.05, 3.63) is 58.1 Å². The number of hydrogen-bond acceptors (Lipinski definition) is 3. The summed E-state index contributed by atoms with van der Waals surface area (Å²) >= 11 is 0. The predicted octanol–water partition coefficient (Wildman–Crippen LogP) is 3.15. The third-order valence-electron chi connectivity index (χ3n) is 2.68. The summed E-state index contributed by atoms with van der Waals surface area (Å²) in [7, 11) is 0. The van der Waals surface area contributed by atoms with Crippen LogP contribution in [0.2, 0.25) is 0 Å². The highest BCUT2D eigenvalue weighted by molar-refractivity contribution is 5.84. The summed E-state index contributed by atoms with van der Waals surface area (Å²) in [6.07, 6.45) is 0. The van der Waals surface area contributed by atoms with Crippen LogP contribution in [0.15, 0.2) is 42.5 Å². The number of para-hydroxylation sites is 1. The molecule has 0 spiro atoms. The highest BCUT2D eigenvalue weighted by Gasteiger charge is 2.18. The van der Waals surface area contributed by atoms with Gasteiger partial charge in [-0.2, -0.15) is 0 Å². The second kappa shape index (κ2) is 4.25. The number of nitro groups is 1. The quantitative estimate of drug-likeness (QED) is 0.487. The lowest BCUT2D eigenvalue weighted by molar-refractivity contribution is -0.384. The SMILES string of the molecule is Cc1cccc([N+](=O)[O-])c1-c1ccccc1N. The van der Waals surface area contributed by atoms with E-state index in [1.807, 2.05) is 25.1 Å². The zero-order valence-corrected chi connectivity index (χ0v) is 9.38. The van der Waals surface area contributed by atoms with Gasteiger partial charge in [-0.1, -0.05) is 30.3 Å². The molecule has 2 N–H and O–H groups in total. The van der Waals surface area contributed by atoms with Crippen LogP contribution in [0.5, 0.6) is 0 Å². The monoisotopic (exact) mass is 228 g/mol. The second-order valence-electron chi connectivity index (χ2n) is 3.81. The first-order valence-corrected chi connectivity index (χ1v) is 5.20. The molecule has 0 saturated heterocycles. The summed E-state index contributed by atoms with van der Waals surface area (Å²) in [5.74, 6) is 0. The Hall–Kier alpha value is -2.36. The van der Waals surface area contributed by atoms with Gasteiger partial charge in [0.2, 0.25) is 0 Å². The van der Waals surface area contributed by atoms with Crippen LogP contribution in [-0.2, 0) is 0 Å². The number of nitrogen functional groups attached to an aromatic ring is 1. The van der Waals surface area contributed by atoms with E-state index >= 15 is 0 Å². The van der Waals surface area contributed by atoms with Gasteiger partial charge >= 0.3 is 0 Å². The highest BCUT2D eigenvalue weighted by Crippen LogP contribution is 2.35. The molecule has 0 amide bonds. The van der Waals surface area contributed by atoms with Gasteiger partial charge in [-0.3, -0.25) is 10.1 Å². The second-order valence-corrected chi connectivity index (χ2v) is 3.81. The molecule has 4 heteroatoms. The predicted molar refractivity (Wildman–Crippen MR) is 67.7 cm³/mol. The van der Waals surface area contributed by atoms with Crippen molar-refractivity contribution in [1.29, 1.82) is 0 Å². The lowest BCUT2D eigenvalue weighted by Crippen LogP contribution is -1.97. The van der Waals surface area contributed by atoms with Crippen LogP contribution in [0, 0.1) is 17.0 Å². The van der Waals surface area contributed by atoms with E-state index in [9.17, 15) is 10.1 Å². The zero-order chi connectivity index (χ0) is 12.4. The summed E-state index contributed by atoms with van der Waals surface area (Å²) in [5, 5.41) is 11.0. The summed E-state index contributed by atoms with van der Waals surface area (Å²) in [6.45, 7) is 1.84. The molecule has 17 heavy (non-hydrogen) atoms. The van der Waals surface area contributed by atoms with Crippen molar-refractivity contribution in [1.82, 2.24) is 0 Å².